The minimum Gasteiger partial charge on any atom is -0.399 e. The van der Waals surface area contributed by atoms with Crippen LogP contribution in [-0.4, -0.2) is 19.7 Å². The second-order valence-electron chi connectivity index (χ2n) is 4.31. The second kappa shape index (κ2) is 3.80. The summed E-state index contributed by atoms with van der Waals surface area (Å²) in [5.74, 6) is 0.783. The van der Waals surface area contributed by atoms with Crippen LogP contribution in [0.5, 0.6) is 0 Å². The van der Waals surface area contributed by atoms with E-state index in [1.807, 2.05) is 42.8 Å². The molecule has 0 spiro atoms. The molecule has 0 bridgehead atoms. The van der Waals surface area contributed by atoms with E-state index in [1.165, 1.54) is 6.33 Å². The van der Waals surface area contributed by atoms with Crippen LogP contribution in [0.4, 0.5) is 5.69 Å². The van der Waals surface area contributed by atoms with Crippen LogP contribution in [0, 0.1) is 13.8 Å². The summed E-state index contributed by atoms with van der Waals surface area (Å²) in [5.41, 5.74) is 9.30. The first-order valence-corrected chi connectivity index (χ1v) is 5.69. The van der Waals surface area contributed by atoms with Crippen molar-refractivity contribution in [3.05, 3.63) is 42.0 Å². The van der Waals surface area contributed by atoms with Crippen LogP contribution in [0.3, 0.4) is 0 Å². The number of hydrogen-bond acceptors (Lipinski definition) is 4. The van der Waals surface area contributed by atoms with Crippen LogP contribution in [0.15, 0.2) is 30.6 Å². The number of aromatic nitrogens is 4. The van der Waals surface area contributed by atoms with E-state index in [1.54, 1.807) is 0 Å². The maximum atomic E-state index is 5.76. The smallest absolute Gasteiger partial charge is 0.164 e. The highest BCUT2D eigenvalue weighted by Crippen LogP contribution is 2.21. The number of anilines is 1. The molecule has 0 fully saturated rings. The van der Waals surface area contributed by atoms with Gasteiger partial charge in [0.2, 0.25) is 0 Å². The van der Waals surface area contributed by atoms with Crippen LogP contribution in [0.1, 0.15) is 11.4 Å². The number of aryl methyl sites for hydroxylation is 2. The lowest BCUT2D eigenvalue weighted by Gasteiger charge is -2.07. The number of fused-ring (bicyclic) bond motifs is 1. The first kappa shape index (κ1) is 10.7. The Bertz CT molecular complexity index is 729. The molecule has 0 aliphatic heterocycles. The summed E-state index contributed by atoms with van der Waals surface area (Å²) in [6.45, 7) is 3.97. The molecule has 0 unspecified atom stereocenters. The molecule has 2 N–H and O–H groups in total. The van der Waals surface area contributed by atoms with Crippen molar-refractivity contribution in [2.75, 3.05) is 5.73 Å². The zero-order chi connectivity index (χ0) is 12.7. The Hall–Kier alpha value is -2.43. The van der Waals surface area contributed by atoms with Crippen molar-refractivity contribution in [2.24, 2.45) is 0 Å². The Kier molecular flexibility index (Phi) is 2.26. The lowest BCUT2D eigenvalue weighted by molar-refractivity contribution is 0.810. The summed E-state index contributed by atoms with van der Waals surface area (Å²) in [6.07, 6.45) is 1.54. The molecule has 18 heavy (non-hydrogen) atoms. The van der Waals surface area contributed by atoms with Gasteiger partial charge in [-0.3, -0.25) is 0 Å². The van der Waals surface area contributed by atoms with Gasteiger partial charge in [-0.05, 0) is 38.1 Å². The van der Waals surface area contributed by atoms with Crippen molar-refractivity contribution in [1.29, 1.82) is 0 Å². The minimum atomic E-state index is 0.695. The quantitative estimate of drug-likeness (QED) is 0.659. The molecule has 0 saturated carbocycles. The van der Waals surface area contributed by atoms with Crippen LogP contribution in [0.25, 0.3) is 16.7 Å². The monoisotopic (exact) mass is 239 g/mol. The minimum absolute atomic E-state index is 0.695. The van der Waals surface area contributed by atoms with Crippen molar-refractivity contribution in [3.63, 3.8) is 0 Å². The first-order valence-electron chi connectivity index (χ1n) is 5.69. The topological polar surface area (TPSA) is 69.6 Å². The summed E-state index contributed by atoms with van der Waals surface area (Å²) in [4.78, 5) is 8.56. The lowest BCUT2D eigenvalue weighted by atomic mass is 10.2. The van der Waals surface area contributed by atoms with Gasteiger partial charge in [-0.1, -0.05) is 0 Å². The van der Waals surface area contributed by atoms with E-state index in [-0.39, 0.29) is 0 Å². The zero-order valence-electron chi connectivity index (χ0n) is 10.3. The van der Waals surface area contributed by atoms with E-state index >= 15 is 0 Å². The molecule has 0 amide bonds. The van der Waals surface area contributed by atoms with E-state index in [2.05, 4.69) is 15.1 Å². The maximum Gasteiger partial charge on any atom is 0.164 e. The van der Waals surface area contributed by atoms with Gasteiger partial charge in [-0.2, -0.15) is 5.10 Å². The molecule has 2 aromatic heterocycles. The molecule has 0 atom stereocenters. The maximum absolute atomic E-state index is 5.76. The summed E-state index contributed by atoms with van der Waals surface area (Å²) in [7, 11) is 0. The number of nitrogen functional groups attached to an aromatic ring is 1. The Balaban J connectivity index is 2.32. The molecule has 5 nitrogen and oxygen atoms in total. The largest absolute Gasteiger partial charge is 0.399 e. The highest BCUT2D eigenvalue weighted by Gasteiger charge is 2.09. The normalized spacial score (nSPS) is 11.0. The van der Waals surface area contributed by atoms with Crippen molar-refractivity contribution in [1.82, 2.24) is 19.7 Å². The zero-order valence-corrected chi connectivity index (χ0v) is 10.3. The fourth-order valence-corrected chi connectivity index (χ4v) is 2.07. The second-order valence-corrected chi connectivity index (χ2v) is 4.31. The Morgan fingerprint density at radius 1 is 1.11 bits per heavy atom. The van der Waals surface area contributed by atoms with E-state index in [0.29, 0.717) is 5.69 Å². The average molecular weight is 239 g/mol. The van der Waals surface area contributed by atoms with Gasteiger partial charge in [0.25, 0.3) is 0 Å². The van der Waals surface area contributed by atoms with Crippen molar-refractivity contribution >= 4 is 16.6 Å². The average Bonchev–Trinajstić information content (AvgIpc) is 2.67. The SMILES string of the molecule is Cc1cc(C)n(-c2ncnc3cc(N)ccc23)n1. The van der Waals surface area contributed by atoms with Crippen LogP contribution >= 0.6 is 0 Å². The van der Waals surface area contributed by atoms with Gasteiger partial charge in [-0.15, -0.1) is 0 Å². The molecular formula is C13H13N5. The van der Waals surface area contributed by atoms with E-state index in [0.717, 1.165) is 28.1 Å². The van der Waals surface area contributed by atoms with E-state index < -0.39 is 0 Å². The number of benzene rings is 1. The first-order chi connectivity index (χ1) is 8.65. The molecule has 90 valence electrons. The molecule has 3 aromatic rings. The van der Waals surface area contributed by atoms with E-state index in [4.69, 9.17) is 5.73 Å². The molecule has 0 aliphatic carbocycles. The van der Waals surface area contributed by atoms with Crippen molar-refractivity contribution in [2.45, 2.75) is 13.8 Å². The predicted octanol–water partition coefficient (Wildman–Crippen LogP) is 2.01. The number of nitrogens with two attached hydrogens (primary N) is 1. The fraction of sp³-hybridized carbons (Fsp3) is 0.154. The molecule has 5 heteroatoms. The number of nitrogens with zero attached hydrogens (tertiary/aromatic N) is 4. The van der Waals surface area contributed by atoms with Crippen LogP contribution < -0.4 is 5.73 Å². The molecule has 0 aliphatic rings. The summed E-state index contributed by atoms with van der Waals surface area (Å²) >= 11 is 0. The van der Waals surface area contributed by atoms with E-state index in [9.17, 15) is 0 Å². The molecule has 0 saturated heterocycles. The van der Waals surface area contributed by atoms with Gasteiger partial charge in [0.1, 0.15) is 6.33 Å². The molecule has 0 radical (unpaired) electrons. The Morgan fingerprint density at radius 3 is 2.67 bits per heavy atom. The lowest BCUT2D eigenvalue weighted by Crippen LogP contribution is -2.03. The van der Waals surface area contributed by atoms with Gasteiger partial charge in [0.05, 0.1) is 11.2 Å². The molecular weight excluding hydrogens is 226 g/mol. The molecule has 2 heterocycles. The highest BCUT2D eigenvalue weighted by atomic mass is 15.3. The van der Waals surface area contributed by atoms with Gasteiger partial charge >= 0.3 is 0 Å². The highest BCUT2D eigenvalue weighted by molar-refractivity contribution is 5.87. The van der Waals surface area contributed by atoms with Gasteiger partial charge in [0.15, 0.2) is 5.82 Å². The standard InChI is InChI=1S/C13H13N5/c1-8-5-9(2)18(17-8)13-11-4-3-10(14)6-12(11)15-7-16-13/h3-7H,14H2,1-2H3. The third-order valence-electron chi connectivity index (χ3n) is 2.85. The van der Waals surface area contributed by atoms with Gasteiger partial charge in [-0.25, -0.2) is 14.6 Å². The Morgan fingerprint density at radius 2 is 1.94 bits per heavy atom. The number of rotatable bonds is 1. The third kappa shape index (κ3) is 1.60. The number of hydrogen-bond donors (Lipinski definition) is 1. The Labute approximate surface area is 104 Å². The van der Waals surface area contributed by atoms with Crippen LogP contribution in [0.2, 0.25) is 0 Å². The predicted molar refractivity (Wildman–Crippen MR) is 70.5 cm³/mol. The molecule has 1 aromatic carbocycles. The van der Waals surface area contributed by atoms with Crippen molar-refractivity contribution in [3.8, 4) is 5.82 Å². The van der Waals surface area contributed by atoms with Gasteiger partial charge in [0, 0.05) is 16.8 Å². The summed E-state index contributed by atoms with van der Waals surface area (Å²) in [6, 6.07) is 7.63. The summed E-state index contributed by atoms with van der Waals surface area (Å²) in [5, 5.41) is 5.39. The molecule has 3 rings (SSSR count). The third-order valence-corrected chi connectivity index (χ3v) is 2.85. The summed E-state index contributed by atoms with van der Waals surface area (Å²) < 4.78 is 1.83. The fourth-order valence-electron chi connectivity index (χ4n) is 2.07. The van der Waals surface area contributed by atoms with Gasteiger partial charge < -0.3 is 5.73 Å². The van der Waals surface area contributed by atoms with Crippen molar-refractivity contribution < 1.29 is 0 Å². The van der Waals surface area contributed by atoms with Crippen LogP contribution in [-0.2, 0) is 0 Å².